The maximum atomic E-state index is 6.51. The van der Waals surface area contributed by atoms with E-state index < -0.39 is 8.32 Å². The van der Waals surface area contributed by atoms with Crippen molar-refractivity contribution in [1.82, 2.24) is 0 Å². The maximum absolute atomic E-state index is 6.51. The highest BCUT2D eigenvalue weighted by Crippen LogP contribution is 2.38. The second-order valence-corrected chi connectivity index (χ2v) is 14.8. The first kappa shape index (κ1) is 21.2. The van der Waals surface area contributed by atoms with Crippen LogP contribution in [-0.2, 0) is 6.42 Å². The van der Waals surface area contributed by atoms with E-state index in [0.29, 0.717) is 5.92 Å². The van der Waals surface area contributed by atoms with E-state index in [0.717, 1.165) is 12.2 Å². The minimum absolute atomic E-state index is 0.227. The lowest BCUT2D eigenvalue weighted by Gasteiger charge is -2.37. The van der Waals surface area contributed by atoms with Gasteiger partial charge in [0.05, 0.1) is 0 Å². The molecular formula is C23H36OSSi. The van der Waals surface area contributed by atoms with Crippen LogP contribution in [0, 0.1) is 13.8 Å². The molecule has 0 aliphatic heterocycles. The molecule has 2 rings (SSSR count). The summed E-state index contributed by atoms with van der Waals surface area (Å²) in [5.74, 6) is 1.75. The van der Waals surface area contributed by atoms with E-state index in [9.17, 15) is 0 Å². The van der Waals surface area contributed by atoms with Crippen molar-refractivity contribution in [2.24, 2.45) is 0 Å². The van der Waals surface area contributed by atoms with Gasteiger partial charge < -0.3 is 4.43 Å². The predicted octanol–water partition coefficient (Wildman–Crippen LogP) is 7.88. The second kappa shape index (κ2) is 8.31. The molecule has 0 aliphatic rings. The lowest BCUT2D eigenvalue weighted by atomic mass is 9.95. The first-order valence-electron chi connectivity index (χ1n) is 9.87. The highest BCUT2D eigenvalue weighted by molar-refractivity contribution is 7.10. The summed E-state index contributed by atoms with van der Waals surface area (Å²) in [7, 11) is -1.78. The molecule has 1 heterocycles. The van der Waals surface area contributed by atoms with Gasteiger partial charge in [0, 0.05) is 4.88 Å². The Bertz CT molecular complexity index is 724. The minimum Gasteiger partial charge on any atom is -0.543 e. The van der Waals surface area contributed by atoms with Crippen molar-refractivity contribution in [2.45, 2.75) is 84.9 Å². The van der Waals surface area contributed by atoms with Gasteiger partial charge in [0.1, 0.15) is 5.75 Å². The molecule has 26 heavy (non-hydrogen) atoms. The highest BCUT2D eigenvalue weighted by atomic mass is 32.1. The van der Waals surface area contributed by atoms with E-state index in [1.165, 1.54) is 29.5 Å². The van der Waals surface area contributed by atoms with Crippen molar-refractivity contribution in [3.63, 3.8) is 0 Å². The van der Waals surface area contributed by atoms with Gasteiger partial charge in [0.2, 0.25) is 8.32 Å². The first-order valence-corrected chi connectivity index (χ1v) is 13.7. The van der Waals surface area contributed by atoms with Crippen molar-refractivity contribution < 1.29 is 4.43 Å². The van der Waals surface area contributed by atoms with Gasteiger partial charge in [-0.2, -0.15) is 0 Å². The fourth-order valence-electron chi connectivity index (χ4n) is 2.97. The lowest BCUT2D eigenvalue weighted by molar-refractivity contribution is 0.489. The zero-order valence-corrected chi connectivity index (χ0v) is 19.7. The number of benzene rings is 1. The van der Waals surface area contributed by atoms with Crippen molar-refractivity contribution in [3.05, 3.63) is 51.2 Å². The predicted molar refractivity (Wildman–Crippen MR) is 119 cm³/mol. The molecule has 0 aliphatic carbocycles. The van der Waals surface area contributed by atoms with E-state index in [1.807, 2.05) is 11.3 Å². The number of thiophene rings is 1. The van der Waals surface area contributed by atoms with Gasteiger partial charge in [-0.05, 0) is 91.4 Å². The molecule has 2 aromatic rings. The van der Waals surface area contributed by atoms with Gasteiger partial charge in [-0.25, -0.2) is 0 Å². The van der Waals surface area contributed by atoms with Crippen LogP contribution in [0.15, 0.2) is 29.6 Å². The Morgan fingerprint density at radius 3 is 2.31 bits per heavy atom. The van der Waals surface area contributed by atoms with E-state index >= 15 is 0 Å². The summed E-state index contributed by atoms with van der Waals surface area (Å²) in [6, 6.07) is 9.15. The van der Waals surface area contributed by atoms with Crippen LogP contribution in [0.2, 0.25) is 18.1 Å². The van der Waals surface area contributed by atoms with Gasteiger partial charge in [-0.15, -0.1) is 11.3 Å². The van der Waals surface area contributed by atoms with Crippen LogP contribution in [0.3, 0.4) is 0 Å². The Morgan fingerprint density at radius 1 is 1.12 bits per heavy atom. The van der Waals surface area contributed by atoms with Crippen LogP contribution in [0.25, 0.3) is 0 Å². The van der Waals surface area contributed by atoms with Gasteiger partial charge in [-0.3, -0.25) is 0 Å². The average Bonchev–Trinajstić information content (AvgIpc) is 2.95. The molecule has 0 radical (unpaired) electrons. The van der Waals surface area contributed by atoms with E-state index in [1.54, 1.807) is 4.88 Å². The molecule has 1 nitrogen and oxygen atoms in total. The summed E-state index contributed by atoms with van der Waals surface area (Å²) in [5.41, 5.74) is 4.09. The van der Waals surface area contributed by atoms with Crippen LogP contribution < -0.4 is 4.43 Å². The molecule has 1 unspecified atom stereocenters. The second-order valence-electron chi connectivity index (χ2n) is 9.13. The number of aryl methyl sites for hydroxylation is 3. The molecule has 0 amide bonds. The molecule has 3 heteroatoms. The largest absolute Gasteiger partial charge is 0.543 e. The van der Waals surface area contributed by atoms with Gasteiger partial charge >= 0.3 is 0 Å². The third-order valence-electron chi connectivity index (χ3n) is 5.84. The Balaban J connectivity index is 2.05. The fraction of sp³-hybridized carbons (Fsp3) is 0.565. The lowest BCUT2D eigenvalue weighted by Crippen LogP contribution is -2.44. The van der Waals surface area contributed by atoms with Gasteiger partial charge in [0.25, 0.3) is 0 Å². The van der Waals surface area contributed by atoms with Crippen LogP contribution >= 0.6 is 11.3 Å². The molecule has 0 spiro atoms. The van der Waals surface area contributed by atoms with E-state index in [2.05, 4.69) is 84.3 Å². The monoisotopic (exact) mass is 388 g/mol. The molecule has 1 aromatic carbocycles. The molecule has 1 aromatic heterocycles. The zero-order chi connectivity index (χ0) is 19.5. The quantitative estimate of drug-likeness (QED) is 0.438. The van der Waals surface area contributed by atoms with Crippen LogP contribution in [-0.4, -0.2) is 8.32 Å². The molecule has 0 N–H and O–H groups in total. The average molecular weight is 389 g/mol. The van der Waals surface area contributed by atoms with Crippen LogP contribution in [0.1, 0.15) is 68.0 Å². The fourth-order valence-corrected chi connectivity index (χ4v) is 5.17. The van der Waals surface area contributed by atoms with Crippen molar-refractivity contribution in [2.75, 3.05) is 0 Å². The molecule has 1 atom stereocenters. The van der Waals surface area contributed by atoms with E-state index in [4.69, 9.17) is 4.43 Å². The Hall–Kier alpha value is -1.06. The summed E-state index contributed by atoms with van der Waals surface area (Å²) < 4.78 is 6.51. The standard InChI is InChI=1S/C23H36OSSi/c1-9-20(22-14-17(2)16-25-22)12-10-19-11-13-21(18(3)15-19)24-26(7,8)23(4,5)6/h11,13-16,20H,9-10,12H2,1-8H3. The molecule has 144 valence electrons. The van der Waals surface area contributed by atoms with Crippen LogP contribution in [0.4, 0.5) is 0 Å². The smallest absolute Gasteiger partial charge is 0.250 e. The summed E-state index contributed by atoms with van der Waals surface area (Å²) >= 11 is 1.92. The van der Waals surface area contributed by atoms with Gasteiger partial charge in [0.15, 0.2) is 0 Å². The summed E-state index contributed by atoms with van der Waals surface area (Å²) in [5, 5.41) is 2.50. The number of hydrogen-bond acceptors (Lipinski definition) is 2. The minimum atomic E-state index is -1.78. The number of rotatable bonds is 7. The Kier molecular flexibility index (Phi) is 6.79. The summed E-state index contributed by atoms with van der Waals surface area (Å²) in [4.78, 5) is 1.54. The topological polar surface area (TPSA) is 9.23 Å². The number of hydrogen-bond donors (Lipinski definition) is 0. The van der Waals surface area contributed by atoms with E-state index in [-0.39, 0.29) is 5.04 Å². The highest BCUT2D eigenvalue weighted by Gasteiger charge is 2.39. The third-order valence-corrected chi connectivity index (χ3v) is 11.4. The normalized spacial score (nSPS) is 13.7. The molecule has 0 fully saturated rings. The zero-order valence-electron chi connectivity index (χ0n) is 17.9. The van der Waals surface area contributed by atoms with Crippen LogP contribution in [0.5, 0.6) is 5.75 Å². The Morgan fingerprint density at radius 2 is 1.81 bits per heavy atom. The summed E-state index contributed by atoms with van der Waals surface area (Å²) in [6.07, 6.45) is 3.57. The SMILES string of the molecule is CCC(CCc1ccc(O[Si](C)(C)C(C)(C)C)c(C)c1)c1cc(C)cs1. The molecule has 0 saturated carbocycles. The first-order chi connectivity index (χ1) is 12.0. The summed E-state index contributed by atoms with van der Waals surface area (Å²) in [6.45, 7) is 18.2. The van der Waals surface area contributed by atoms with Gasteiger partial charge in [-0.1, -0.05) is 39.8 Å². The molecule has 0 bridgehead atoms. The van der Waals surface area contributed by atoms with Crippen molar-refractivity contribution in [3.8, 4) is 5.75 Å². The van der Waals surface area contributed by atoms with Crippen molar-refractivity contribution in [1.29, 1.82) is 0 Å². The molecular weight excluding hydrogens is 352 g/mol. The Labute approximate surface area is 165 Å². The van der Waals surface area contributed by atoms with Crippen molar-refractivity contribution >= 4 is 19.7 Å². The third kappa shape index (κ3) is 5.23. The molecule has 0 saturated heterocycles. The maximum Gasteiger partial charge on any atom is 0.250 e.